The molecule has 0 radical (unpaired) electrons. The molecule has 1 atom stereocenters. The van der Waals surface area contributed by atoms with Crippen LogP contribution >= 0.6 is 15.9 Å². The highest BCUT2D eigenvalue weighted by Crippen LogP contribution is 2.30. The van der Waals surface area contributed by atoms with Crippen LogP contribution in [0.5, 0.6) is 5.75 Å². The van der Waals surface area contributed by atoms with Crippen molar-refractivity contribution in [3.05, 3.63) is 63.1 Å². The van der Waals surface area contributed by atoms with Crippen molar-refractivity contribution >= 4 is 15.9 Å². The summed E-state index contributed by atoms with van der Waals surface area (Å²) >= 11 is 3.53. The average molecular weight is 332 g/mol. The lowest BCUT2D eigenvalue weighted by molar-refractivity contribution is 0.288. The topological polar surface area (TPSA) is 35.2 Å². The van der Waals surface area contributed by atoms with Crippen LogP contribution in [0.4, 0.5) is 0 Å². The fourth-order valence-electron chi connectivity index (χ4n) is 2.63. The van der Waals surface area contributed by atoms with Gasteiger partial charge in [0.05, 0.1) is 12.6 Å². The SMILES string of the molecule is Cc1cc(C(N)c2ccc3c(c2)CCCO3)ccc1Br. The number of fused-ring (bicyclic) bond motifs is 1. The third kappa shape index (κ3) is 2.60. The molecule has 2 nitrogen and oxygen atoms in total. The van der Waals surface area contributed by atoms with Crippen molar-refractivity contribution in [2.75, 3.05) is 6.61 Å². The van der Waals surface area contributed by atoms with E-state index < -0.39 is 0 Å². The van der Waals surface area contributed by atoms with Gasteiger partial charge in [-0.2, -0.15) is 0 Å². The minimum Gasteiger partial charge on any atom is -0.493 e. The molecule has 0 fully saturated rings. The van der Waals surface area contributed by atoms with Gasteiger partial charge in [-0.3, -0.25) is 0 Å². The molecule has 0 bridgehead atoms. The molecule has 0 saturated carbocycles. The molecule has 0 amide bonds. The first-order chi connectivity index (χ1) is 9.65. The van der Waals surface area contributed by atoms with E-state index in [1.165, 1.54) is 11.1 Å². The number of hydrogen-bond acceptors (Lipinski definition) is 2. The molecular formula is C17H18BrNO. The Bertz CT molecular complexity index is 639. The fraction of sp³-hybridized carbons (Fsp3) is 0.294. The molecule has 2 aromatic rings. The van der Waals surface area contributed by atoms with Crippen molar-refractivity contribution in [1.29, 1.82) is 0 Å². The summed E-state index contributed by atoms with van der Waals surface area (Å²) in [5.41, 5.74) is 11.2. The molecule has 0 spiro atoms. The lowest BCUT2D eigenvalue weighted by atomic mass is 9.95. The number of aryl methyl sites for hydroxylation is 2. The Morgan fingerprint density at radius 2 is 1.90 bits per heavy atom. The Morgan fingerprint density at radius 1 is 1.15 bits per heavy atom. The lowest BCUT2D eigenvalue weighted by Gasteiger charge is -2.20. The smallest absolute Gasteiger partial charge is 0.122 e. The van der Waals surface area contributed by atoms with Crippen molar-refractivity contribution in [2.45, 2.75) is 25.8 Å². The van der Waals surface area contributed by atoms with Crippen molar-refractivity contribution in [1.82, 2.24) is 0 Å². The van der Waals surface area contributed by atoms with Gasteiger partial charge in [0.2, 0.25) is 0 Å². The average Bonchev–Trinajstić information content (AvgIpc) is 2.49. The Morgan fingerprint density at radius 3 is 2.70 bits per heavy atom. The number of ether oxygens (including phenoxy) is 1. The Balaban J connectivity index is 1.93. The van der Waals surface area contributed by atoms with Gasteiger partial charge in [-0.05, 0) is 54.2 Å². The molecule has 1 aliphatic heterocycles. The number of rotatable bonds is 2. The first-order valence-electron chi connectivity index (χ1n) is 6.92. The highest BCUT2D eigenvalue weighted by molar-refractivity contribution is 9.10. The van der Waals surface area contributed by atoms with Crippen LogP contribution in [0, 0.1) is 6.92 Å². The van der Waals surface area contributed by atoms with Crippen LogP contribution in [-0.4, -0.2) is 6.61 Å². The third-order valence-electron chi connectivity index (χ3n) is 3.83. The Hall–Kier alpha value is -1.32. The first-order valence-corrected chi connectivity index (χ1v) is 7.72. The maximum atomic E-state index is 6.41. The summed E-state index contributed by atoms with van der Waals surface area (Å²) in [6, 6.07) is 12.5. The maximum Gasteiger partial charge on any atom is 0.122 e. The van der Waals surface area contributed by atoms with E-state index in [9.17, 15) is 0 Å². The fourth-order valence-corrected chi connectivity index (χ4v) is 2.87. The molecule has 1 unspecified atom stereocenters. The molecule has 1 aliphatic rings. The van der Waals surface area contributed by atoms with Crippen molar-refractivity contribution in [2.24, 2.45) is 5.73 Å². The van der Waals surface area contributed by atoms with E-state index in [-0.39, 0.29) is 6.04 Å². The summed E-state index contributed by atoms with van der Waals surface area (Å²) < 4.78 is 6.77. The van der Waals surface area contributed by atoms with E-state index in [0.717, 1.165) is 40.8 Å². The zero-order valence-corrected chi connectivity index (χ0v) is 13.1. The van der Waals surface area contributed by atoms with E-state index in [2.05, 4.69) is 59.3 Å². The Kier molecular flexibility index (Phi) is 3.81. The monoisotopic (exact) mass is 331 g/mol. The normalized spacial score (nSPS) is 15.3. The van der Waals surface area contributed by atoms with Crippen LogP contribution < -0.4 is 10.5 Å². The van der Waals surface area contributed by atoms with E-state index in [0.29, 0.717) is 0 Å². The number of nitrogens with two attached hydrogens (primary N) is 1. The minimum atomic E-state index is -0.0889. The van der Waals surface area contributed by atoms with Gasteiger partial charge in [-0.1, -0.05) is 40.2 Å². The second kappa shape index (κ2) is 5.58. The summed E-state index contributed by atoms with van der Waals surface area (Å²) in [7, 11) is 0. The standard InChI is InChI=1S/C17H18BrNO/c1-11-9-13(4-6-15(11)18)17(19)14-5-7-16-12(10-14)3-2-8-20-16/h4-7,9-10,17H,2-3,8,19H2,1H3. The van der Waals surface area contributed by atoms with Gasteiger partial charge < -0.3 is 10.5 Å². The molecule has 3 rings (SSSR count). The molecule has 3 heteroatoms. The molecule has 2 aromatic carbocycles. The van der Waals surface area contributed by atoms with Gasteiger partial charge in [0.1, 0.15) is 5.75 Å². The van der Waals surface area contributed by atoms with Crippen LogP contribution in [0.3, 0.4) is 0 Å². The van der Waals surface area contributed by atoms with Gasteiger partial charge >= 0.3 is 0 Å². The molecule has 104 valence electrons. The molecule has 0 aliphatic carbocycles. The maximum absolute atomic E-state index is 6.41. The van der Waals surface area contributed by atoms with Crippen molar-refractivity contribution in [3.63, 3.8) is 0 Å². The molecule has 1 heterocycles. The van der Waals surface area contributed by atoms with E-state index in [1.54, 1.807) is 0 Å². The number of halogens is 1. The second-order valence-electron chi connectivity index (χ2n) is 5.31. The molecule has 0 aromatic heterocycles. The largest absolute Gasteiger partial charge is 0.493 e. The summed E-state index contributed by atoms with van der Waals surface area (Å²) in [5, 5.41) is 0. The lowest BCUT2D eigenvalue weighted by Crippen LogP contribution is -2.14. The number of hydrogen-bond donors (Lipinski definition) is 1. The summed E-state index contributed by atoms with van der Waals surface area (Å²) in [6.45, 7) is 2.91. The van der Waals surface area contributed by atoms with E-state index in [4.69, 9.17) is 10.5 Å². The highest BCUT2D eigenvalue weighted by Gasteiger charge is 2.15. The second-order valence-corrected chi connectivity index (χ2v) is 6.16. The van der Waals surface area contributed by atoms with E-state index >= 15 is 0 Å². The van der Waals surface area contributed by atoms with Gasteiger partial charge in [-0.25, -0.2) is 0 Å². The third-order valence-corrected chi connectivity index (χ3v) is 4.72. The predicted octanol–water partition coefficient (Wildman–Crippen LogP) is 4.13. The molecule has 0 saturated heterocycles. The summed E-state index contributed by atoms with van der Waals surface area (Å²) in [6.07, 6.45) is 2.17. The van der Waals surface area contributed by atoms with Crippen LogP contribution in [0.25, 0.3) is 0 Å². The quantitative estimate of drug-likeness (QED) is 0.897. The number of benzene rings is 2. The highest BCUT2D eigenvalue weighted by atomic mass is 79.9. The van der Waals surface area contributed by atoms with Crippen molar-refractivity contribution in [3.8, 4) is 5.75 Å². The van der Waals surface area contributed by atoms with E-state index in [1.807, 2.05) is 0 Å². The van der Waals surface area contributed by atoms with Gasteiger partial charge in [-0.15, -0.1) is 0 Å². The van der Waals surface area contributed by atoms with Crippen LogP contribution in [0.2, 0.25) is 0 Å². The summed E-state index contributed by atoms with van der Waals surface area (Å²) in [4.78, 5) is 0. The molecule has 20 heavy (non-hydrogen) atoms. The van der Waals surface area contributed by atoms with Gasteiger partial charge in [0, 0.05) is 4.47 Å². The Labute approximate surface area is 128 Å². The van der Waals surface area contributed by atoms with Crippen LogP contribution in [0.15, 0.2) is 40.9 Å². The summed E-state index contributed by atoms with van der Waals surface area (Å²) in [5.74, 6) is 1.01. The molecular weight excluding hydrogens is 314 g/mol. The zero-order valence-electron chi connectivity index (χ0n) is 11.5. The molecule has 2 N–H and O–H groups in total. The van der Waals surface area contributed by atoms with Gasteiger partial charge in [0.15, 0.2) is 0 Å². The van der Waals surface area contributed by atoms with Crippen molar-refractivity contribution < 1.29 is 4.74 Å². The van der Waals surface area contributed by atoms with Crippen LogP contribution in [-0.2, 0) is 6.42 Å². The minimum absolute atomic E-state index is 0.0889. The first kappa shape index (κ1) is 13.7. The van der Waals surface area contributed by atoms with Gasteiger partial charge in [0.25, 0.3) is 0 Å². The zero-order chi connectivity index (χ0) is 14.1. The predicted molar refractivity (Wildman–Crippen MR) is 85.2 cm³/mol. The van der Waals surface area contributed by atoms with Crippen LogP contribution in [0.1, 0.15) is 34.7 Å².